The highest BCUT2D eigenvalue weighted by molar-refractivity contribution is 5.96. The van der Waals surface area contributed by atoms with Gasteiger partial charge in [0.25, 0.3) is 5.91 Å². The van der Waals surface area contributed by atoms with Crippen LogP contribution in [0.25, 0.3) is 0 Å². The Bertz CT molecular complexity index is 1120. The molecule has 0 unspecified atom stereocenters. The number of ether oxygens (including phenoxy) is 4. The first-order valence-electron chi connectivity index (χ1n) is 12.4. The summed E-state index contributed by atoms with van der Waals surface area (Å²) >= 11 is 0. The van der Waals surface area contributed by atoms with Crippen LogP contribution in [0.3, 0.4) is 0 Å². The van der Waals surface area contributed by atoms with Crippen LogP contribution >= 0.6 is 0 Å². The molecular weight excluding hydrogens is 456 g/mol. The topological polar surface area (TPSA) is 69.3 Å². The third kappa shape index (κ3) is 6.56. The van der Waals surface area contributed by atoms with E-state index in [9.17, 15) is 4.79 Å². The van der Waals surface area contributed by atoms with E-state index >= 15 is 0 Å². The van der Waals surface area contributed by atoms with Gasteiger partial charge in [0.2, 0.25) is 0 Å². The minimum absolute atomic E-state index is 0.0418. The third-order valence-corrected chi connectivity index (χ3v) is 6.18. The van der Waals surface area contributed by atoms with Gasteiger partial charge in [0.1, 0.15) is 12.4 Å². The number of methoxy groups -OCH3 is 1. The lowest BCUT2D eigenvalue weighted by Crippen LogP contribution is -2.43. The molecule has 0 spiro atoms. The summed E-state index contributed by atoms with van der Waals surface area (Å²) in [6.45, 7) is 6.23. The summed E-state index contributed by atoms with van der Waals surface area (Å²) in [6.07, 6.45) is 0. The van der Waals surface area contributed by atoms with Crippen LogP contribution in [0.1, 0.15) is 34.5 Å². The molecule has 0 aliphatic carbocycles. The lowest BCUT2D eigenvalue weighted by Gasteiger charge is -2.35. The highest BCUT2D eigenvalue weighted by Gasteiger charge is 2.25. The molecule has 0 bridgehead atoms. The lowest BCUT2D eigenvalue weighted by molar-refractivity contribution is 0.0161. The fourth-order valence-electron chi connectivity index (χ4n) is 4.31. The first kappa shape index (κ1) is 25.5. The number of amides is 1. The Morgan fingerprint density at radius 2 is 1.69 bits per heavy atom. The molecule has 1 saturated heterocycles. The molecule has 1 amide bonds. The van der Waals surface area contributed by atoms with E-state index in [0.29, 0.717) is 55.8 Å². The van der Waals surface area contributed by atoms with E-state index < -0.39 is 0 Å². The van der Waals surface area contributed by atoms with Crippen molar-refractivity contribution >= 4 is 5.91 Å². The second-order valence-electron chi connectivity index (χ2n) is 8.49. The quantitative estimate of drug-likeness (QED) is 0.428. The molecule has 0 aromatic heterocycles. The predicted octanol–water partition coefficient (Wildman–Crippen LogP) is 4.48. The smallest absolute Gasteiger partial charge is 0.255 e. The minimum atomic E-state index is -0.171. The summed E-state index contributed by atoms with van der Waals surface area (Å²) in [6, 6.07) is 23.2. The molecular formula is C29H34N2O5. The van der Waals surface area contributed by atoms with Crippen molar-refractivity contribution < 1.29 is 23.7 Å². The van der Waals surface area contributed by atoms with Crippen LogP contribution in [0.2, 0.25) is 0 Å². The van der Waals surface area contributed by atoms with Crippen molar-refractivity contribution in [1.29, 1.82) is 0 Å². The van der Waals surface area contributed by atoms with E-state index in [1.807, 2.05) is 73.7 Å². The van der Waals surface area contributed by atoms with Crippen LogP contribution in [0.4, 0.5) is 0 Å². The van der Waals surface area contributed by atoms with E-state index in [2.05, 4.69) is 10.2 Å². The average molecular weight is 491 g/mol. The number of morpholine rings is 1. The molecule has 36 heavy (non-hydrogen) atoms. The second-order valence-corrected chi connectivity index (χ2v) is 8.49. The summed E-state index contributed by atoms with van der Waals surface area (Å²) in [5, 5.41) is 3.14. The van der Waals surface area contributed by atoms with Crippen LogP contribution in [0.15, 0.2) is 72.8 Å². The van der Waals surface area contributed by atoms with Gasteiger partial charge in [0.05, 0.1) is 38.5 Å². The van der Waals surface area contributed by atoms with Gasteiger partial charge >= 0.3 is 0 Å². The Morgan fingerprint density at radius 3 is 2.44 bits per heavy atom. The van der Waals surface area contributed by atoms with Crippen molar-refractivity contribution in [2.45, 2.75) is 19.6 Å². The van der Waals surface area contributed by atoms with Crippen LogP contribution in [0.5, 0.6) is 17.2 Å². The van der Waals surface area contributed by atoms with Crippen molar-refractivity contribution in [2.75, 3.05) is 46.6 Å². The first-order valence-corrected chi connectivity index (χ1v) is 12.4. The highest BCUT2D eigenvalue weighted by Crippen LogP contribution is 2.32. The molecule has 1 aliphatic rings. The maximum atomic E-state index is 13.3. The highest BCUT2D eigenvalue weighted by atomic mass is 16.5. The Morgan fingerprint density at radius 1 is 0.944 bits per heavy atom. The minimum Gasteiger partial charge on any atom is -0.493 e. The molecule has 1 N–H and O–H groups in total. The molecule has 1 fully saturated rings. The third-order valence-electron chi connectivity index (χ3n) is 6.18. The SMILES string of the molecule is CCOc1ccc([C@H](CNC(=O)c2ccccc2OCc2ccccc2)N2CCOCC2)cc1OC. The van der Waals surface area contributed by atoms with E-state index in [-0.39, 0.29) is 11.9 Å². The standard InChI is InChI=1S/C29H34N2O5/c1-3-35-27-14-13-23(19-28(27)33-2)25(31-15-17-34-18-16-31)20-30-29(32)24-11-7-8-12-26(24)36-21-22-9-5-4-6-10-22/h4-14,19,25H,3,15-18,20-21H2,1-2H3,(H,30,32)/t25-/m0/s1. The fourth-order valence-corrected chi connectivity index (χ4v) is 4.31. The molecule has 1 aliphatic heterocycles. The number of hydrogen-bond acceptors (Lipinski definition) is 6. The maximum absolute atomic E-state index is 13.3. The van der Waals surface area contributed by atoms with Gasteiger partial charge in [-0.3, -0.25) is 9.69 Å². The van der Waals surface area contributed by atoms with Gasteiger partial charge in [-0.25, -0.2) is 0 Å². The molecule has 0 radical (unpaired) electrons. The summed E-state index contributed by atoms with van der Waals surface area (Å²) in [5.74, 6) is 1.77. The van der Waals surface area contributed by atoms with Gasteiger partial charge in [0.15, 0.2) is 11.5 Å². The zero-order chi connectivity index (χ0) is 25.2. The number of carbonyl (C=O) groups is 1. The van der Waals surface area contributed by atoms with Gasteiger partial charge in [-0.15, -0.1) is 0 Å². The van der Waals surface area contributed by atoms with Crippen LogP contribution in [-0.2, 0) is 11.3 Å². The number of benzene rings is 3. The van der Waals surface area contributed by atoms with Crippen LogP contribution in [-0.4, -0.2) is 57.4 Å². The number of rotatable bonds is 11. The average Bonchev–Trinajstić information content (AvgIpc) is 2.94. The van der Waals surface area contributed by atoms with Gasteiger partial charge in [-0.05, 0) is 42.3 Å². The number of nitrogens with zero attached hydrogens (tertiary/aromatic N) is 1. The fraction of sp³-hybridized carbons (Fsp3) is 0.345. The Kier molecular flexibility index (Phi) is 9.19. The zero-order valence-corrected chi connectivity index (χ0v) is 20.9. The number of carbonyl (C=O) groups excluding carboxylic acids is 1. The largest absolute Gasteiger partial charge is 0.493 e. The van der Waals surface area contributed by atoms with E-state index in [1.54, 1.807) is 13.2 Å². The van der Waals surface area contributed by atoms with Crippen molar-refractivity contribution in [3.63, 3.8) is 0 Å². The maximum Gasteiger partial charge on any atom is 0.255 e. The van der Waals surface area contributed by atoms with Gasteiger partial charge in [-0.1, -0.05) is 48.5 Å². The molecule has 1 atom stereocenters. The summed E-state index contributed by atoms with van der Waals surface area (Å²) in [7, 11) is 1.64. The van der Waals surface area contributed by atoms with Gasteiger partial charge in [-0.2, -0.15) is 0 Å². The van der Waals surface area contributed by atoms with Gasteiger partial charge in [0, 0.05) is 19.6 Å². The Balaban J connectivity index is 1.50. The molecule has 3 aromatic carbocycles. The van der Waals surface area contributed by atoms with Gasteiger partial charge < -0.3 is 24.3 Å². The molecule has 190 valence electrons. The molecule has 3 aromatic rings. The first-order chi connectivity index (χ1) is 17.7. The van der Waals surface area contributed by atoms with Crippen LogP contribution < -0.4 is 19.5 Å². The summed E-state index contributed by atoms with van der Waals surface area (Å²) < 4.78 is 22.8. The molecule has 0 saturated carbocycles. The molecule has 1 heterocycles. The lowest BCUT2D eigenvalue weighted by atomic mass is 10.0. The van der Waals surface area contributed by atoms with Crippen molar-refractivity contribution in [3.8, 4) is 17.2 Å². The van der Waals surface area contributed by atoms with Crippen molar-refractivity contribution in [2.24, 2.45) is 0 Å². The van der Waals surface area contributed by atoms with E-state index in [4.69, 9.17) is 18.9 Å². The summed E-state index contributed by atoms with van der Waals surface area (Å²) in [4.78, 5) is 15.6. The Hall–Kier alpha value is -3.55. The Labute approximate surface area is 212 Å². The second kappa shape index (κ2) is 13.0. The van der Waals surface area contributed by atoms with E-state index in [0.717, 1.165) is 24.2 Å². The summed E-state index contributed by atoms with van der Waals surface area (Å²) in [5.41, 5.74) is 2.61. The van der Waals surface area contributed by atoms with Crippen molar-refractivity contribution in [3.05, 3.63) is 89.5 Å². The zero-order valence-electron chi connectivity index (χ0n) is 20.9. The van der Waals surface area contributed by atoms with Crippen LogP contribution in [0, 0.1) is 0 Å². The molecule has 4 rings (SSSR count). The van der Waals surface area contributed by atoms with Crippen molar-refractivity contribution in [1.82, 2.24) is 10.2 Å². The van der Waals surface area contributed by atoms with E-state index in [1.165, 1.54) is 0 Å². The predicted molar refractivity (Wildman–Crippen MR) is 139 cm³/mol. The monoisotopic (exact) mass is 490 g/mol. The number of hydrogen-bond donors (Lipinski definition) is 1. The number of nitrogens with one attached hydrogen (secondary N) is 1. The normalized spacial score (nSPS) is 14.6. The number of para-hydroxylation sites is 1. The molecule has 7 heteroatoms. The molecule has 7 nitrogen and oxygen atoms in total.